The number of carbonyl (C=O) groups is 2. The molecule has 162 valence electrons. The van der Waals surface area contributed by atoms with Crippen LogP contribution in [0.2, 0.25) is 0 Å². The van der Waals surface area contributed by atoms with Crippen molar-refractivity contribution < 1.29 is 9.59 Å². The van der Waals surface area contributed by atoms with Gasteiger partial charge in [-0.05, 0) is 56.9 Å². The van der Waals surface area contributed by atoms with E-state index in [1.165, 1.54) is 0 Å². The molecule has 2 saturated heterocycles. The van der Waals surface area contributed by atoms with E-state index in [1.54, 1.807) is 6.20 Å². The van der Waals surface area contributed by atoms with Gasteiger partial charge >= 0.3 is 0 Å². The van der Waals surface area contributed by atoms with Gasteiger partial charge in [0, 0.05) is 48.7 Å². The fraction of sp³-hybridized carbons (Fsp3) is 0.478. The molecule has 2 amide bonds. The SMILES string of the molecule is Cc1cc(C2CCN(C(=O)C3CCCN(C(=O)c4ccc5[nH]ncc5c4)C3)CC2)n[nH]1. The predicted octanol–water partition coefficient (Wildman–Crippen LogP) is 2.85. The number of H-pyrrole nitrogens is 2. The second-order valence-corrected chi connectivity index (χ2v) is 8.84. The molecule has 8 nitrogen and oxygen atoms in total. The van der Waals surface area contributed by atoms with Crippen molar-refractivity contribution in [2.45, 2.75) is 38.5 Å². The molecule has 31 heavy (non-hydrogen) atoms. The third kappa shape index (κ3) is 3.94. The number of fused-ring (bicyclic) bond motifs is 1. The zero-order valence-electron chi connectivity index (χ0n) is 17.8. The van der Waals surface area contributed by atoms with Crippen molar-refractivity contribution in [1.29, 1.82) is 0 Å². The van der Waals surface area contributed by atoms with E-state index in [0.29, 0.717) is 24.6 Å². The monoisotopic (exact) mass is 420 g/mol. The summed E-state index contributed by atoms with van der Waals surface area (Å²) in [6, 6.07) is 7.69. The summed E-state index contributed by atoms with van der Waals surface area (Å²) in [7, 11) is 0. The third-order valence-corrected chi connectivity index (χ3v) is 6.70. The first kappa shape index (κ1) is 19.8. The number of benzene rings is 1. The quantitative estimate of drug-likeness (QED) is 0.681. The van der Waals surface area contributed by atoms with Crippen LogP contribution in [0.3, 0.4) is 0 Å². The molecule has 4 heterocycles. The Morgan fingerprint density at radius 1 is 1.03 bits per heavy atom. The standard InChI is InChI=1S/C23H28N6O2/c1-15-11-21(27-25-15)16-6-9-28(10-7-16)23(31)18-3-2-8-29(14-18)22(30)17-4-5-20-19(12-17)13-24-26-20/h4-5,11-13,16,18H,2-3,6-10,14H2,1H3,(H,24,26)(H,25,27). The number of hydrogen-bond acceptors (Lipinski definition) is 4. The molecule has 1 atom stereocenters. The van der Waals surface area contributed by atoms with Crippen molar-refractivity contribution in [2.75, 3.05) is 26.2 Å². The van der Waals surface area contributed by atoms with Gasteiger partial charge in [-0.25, -0.2) is 0 Å². The highest BCUT2D eigenvalue weighted by atomic mass is 16.2. The van der Waals surface area contributed by atoms with E-state index in [1.807, 2.05) is 34.9 Å². The highest BCUT2D eigenvalue weighted by molar-refractivity contribution is 5.98. The van der Waals surface area contributed by atoms with Crippen LogP contribution in [-0.4, -0.2) is 68.2 Å². The molecule has 2 aliphatic heterocycles. The molecule has 5 rings (SSSR count). The molecule has 0 radical (unpaired) electrons. The molecule has 8 heteroatoms. The second-order valence-electron chi connectivity index (χ2n) is 8.84. The minimum absolute atomic E-state index is 0.00629. The number of hydrogen-bond donors (Lipinski definition) is 2. The number of carbonyl (C=O) groups excluding carboxylic acids is 2. The molecular weight excluding hydrogens is 392 g/mol. The Morgan fingerprint density at radius 3 is 2.65 bits per heavy atom. The lowest BCUT2D eigenvalue weighted by Crippen LogP contribution is -2.48. The smallest absolute Gasteiger partial charge is 0.253 e. The Kier molecular flexibility index (Phi) is 5.21. The van der Waals surface area contributed by atoms with Gasteiger partial charge in [0.25, 0.3) is 5.91 Å². The lowest BCUT2D eigenvalue weighted by molar-refractivity contribution is -0.138. The molecule has 1 aromatic carbocycles. The fourth-order valence-electron chi connectivity index (χ4n) is 4.92. The minimum Gasteiger partial charge on any atom is -0.342 e. The zero-order chi connectivity index (χ0) is 21.4. The number of amides is 2. The van der Waals surface area contributed by atoms with Crippen LogP contribution in [0.25, 0.3) is 10.9 Å². The summed E-state index contributed by atoms with van der Waals surface area (Å²) in [6.45, 7) is 4.73. The fourth-order valence-corrected chi connectivity index (χ4v) is 4.92. The van der Waals surface area contributed by atoms with Crippen molar-refractivity contribution in [2.24, 2.45) is 5.92 Å². The number of likely N-dealkylation sites (tertiary alicyclic amines) is 2. The Balaban J connectivity index is 1.21. The molecule has 2 aliphatic rings. The van der Waals surface area contributed by atoms with Gasteiger partial charge in [0.15, 0.2) is 0 Å². The van der Waals surface area contributed by atoms with E-state index in [4.69, 9.17) is 0 Å². The minimum atomic E-state index is -0.112. The van der Waals surface area contributed by atoms with E-state index in [0.717, 1.165) is 61.1 Å². The van der Waals surface area contributed by atoms with E-state index in [9.17, 15) is 9.59 Å². The van der Waals surface area contributed by atoms with Crippen molar-refractivity contribution in [3.05, 3.63) is 47.4 Å². The van der Waals surface area contributed by atoms with E-state index < -0.39 is 0 Å². The summed E-state index contributed by atoms with van der Waals surface area (Å²) in [5.74, 6) is 0.489. The number of aromatic nitrogens is 4. The number of rotatable bonds is 3. The first-order valence-corrected chi connectivity index (χ1v) is 11.1. The molecule has 3 aromatic rings. The van der Waals surface area contributed by atoms with E-state index in [2.05, 4.69) is 26.5 Å². The Labute approximate surface area is 181 Å². The average molecular weight is 421 g/mol. The van der Waals surface area contributed by atoms with Crippen LogP contribution in [0.1, 0.15) is 53.3 Å². The molecule has 0 bridgehead atoms. The lowest BCUT2D eigenvalue weighted by Gasteiger charge is -2.37. The molecule has 1 unspecified atom stereocenters. The van der Waals surface area contributed by atoms with Gasteiger partial charge < -0.3 is 9.80 Å². The van der Waals surface area contributed by atoms with E-state index in [-0.39, 0.29) is 17.7 Å². The predicted molar refractivity (Wildman–Crippen MR) is 117 cm³/mol. The summed E-state index contributed by atoms with van der Waals surface area (Å²) in [4.78, 5) is 30.1. The normalized spacial score (nSPS) is 20.4. The number of nitrogens with one attached hydrogen (secondary N) is 2. The number of nitrogens with zero attached hydrogens (tertiary/aromatic N) is 4. The maximum Gasteiger partial charge on any atom is 0.253 e. The summed E-state index contributed by atoms with van der Waals surface area (Å²) in [5.41, 5.74) is 3.75. The van der Waals surface area contributed by atoms with Crippen molar-refractivity contribution >= 4 is 22.7 Å². The van der Waals surface area contributed by atoms with Crippen molar-refractivity contribution in [1.82, 2.24) is 30.2 Å². The van der Waals surface area contributed by atoms with Gasteiger partial charge in [-0.15, -0.1) is 0 Å². The largest absolute Gasteiger partial charge is 0.342 e. The van der Waals surface area contributed by atoms with Crippen LogP contribution in [0, 0.1) is 12.8 Å². The van der Waals surface area contributed by atoms with Crippen molar-refractivity contribution in [3.63, 3.8) is 0 Å². The van der Waals surface area contributed by atoms with Gasteiger partial charge in [-0.3, -0.25) is 19.8 Å². The van der Waals surface area contributed by atoms with Crippen LogP contribution in [0.4, 0.5) is 0 Å². The number of aryl methyl sites for hydroxylation is 1. The van der Waals surface area contributed by atoms with Gasteiger partial charge in [0.1, 0.15) is 0 Å². The molecule has 2 N–H and O–H groups in total. The third-order valence-electron chi connectivity index (χ3n) is 6.70. The Bertz CT molecular complexity index is 1090. The van der Waals surface area contributed by atoms with Crippen LogP contribution < -0.4 is 0 Å². The lowest BCUT2D eigenvalue weighted by atomic mass is 9.91. The van der Waals surface area contributed by atoms with Crippen LogP contribution in [-0.2, 0) is 4.79 Å². The van der Waals surface area contributed by atoms with Crippen LogP contribution >= 0.6 is 0 Å². The molecule has 2 fully saturated rings. The first-order valence-electron chi connectivity index (χ1n) is 11.1. The summed E-state index contributed by atoms with van der Waals surface area (Å²) in [6.07, 6.45) is 5.32. The van der Waals surface area contributed by atoms with Gasteiger partial charge in [0.2, 0.25) is 5.91 Å². The Hall–Kier alpha value is -3.16. The first-order chi connectivity index (χ1) is 15.1. The zero-order valence-corrected chi connectivity index (χ0v) is 17.8. The average Bonchev–Trinajstić information content (AvgIpc) is 3.46. The summed E-state index contributed by atoms with van der Waals surface area (Å²) in [5, 5.41) is 15.3. The highest BCUT2D eigenvalue weighted by Gasteiger charge is 2.33. The molecule has 0 spiro atoms. The molecule has 0 saturated carbocycles. The molecule has 2 aromatic heterocycles. The van der Waals surface area contributed by atoms with Gasteiger partial charge in [0.05, 0.1) is 23.3 Å². The topological polar surface area (TPSA) is 98.0 Å². The van der Waals surface area contributed by atoms with E-state index >= 15 is 0 Å². The summed E-state index contributed by atoms with van der Waals surface area (Å²) < 4.78 is 0. The second kappa shape index (κ2) is 8.17. The van der Waals surface area contributed by atoms with Crippen LogP contribution in [0.5, 0.6) is 0 Å². The maximum absolute atomic E-state index is 13.2. The Morgan fingerprint density at radius 2 is 1.87 bits per heavy atom. The molecular formula is C23H28N6O2. The van der Waals surface area contributed by atoms with Gasteiger partial charge in [-0.2, -0.15) is 10.2 Å². The van der Waals surface area contributed by atoms with Gasteiger partial charge in [-0.1, -0.05) is 0 Å². The summed E-state index contributed by atoms with van der Waals surface area (Å²) >= 11 is 0. The number of piperidine rings is 2. The van der Waals surface area contributed by atoms with Crippen molar-refractivity contribution in [3.8, 4) is 0 Å². The number of aromatic amines is 2. The maximum atomic E-state index is 13.2. The molecule has 0 aliphatic carbocycles. The van der Waals surface area contributed by atoms with Crippen LogP contribution in [0.15, 0.2) is 30.5 Å². The highest BCUT2D eigenvalue weighted by Crippen LogP contribution is 2.29.